The Morgan fingerprint density at radius 3 is 2.47 bits per heavy atom. The van der Waals surface area contributed by atoms with Gasteiger partial charge in [0.15, 0.2) is 4.32 Å². The highest BCUT2D eigenvalue weighted by molar-refractivity contribution is 8.24. The number of amides is 1. The van der Waals surface area contributed by atoms with E-state index in [1.807, 2.05) is 61.4 Å². The summed E-state index contributed by atoms with van der Waals surface area (Å²) < 4.78 is 0.614. The van der Waals surface area contributed by atoms with E-state index in [0.717, 1.165) is 5.69 Å². The molecule has 1 unspecified atom stereocenters. The van der Waals surface area contributed by atoms with Crippen LogP contribution in [-0.2, 0) is 4.79 Å². The number of hydrogen-bond donors (Lipinski definition) is 0. The molecule has 1 amide bonds. The number of anilines is 1. The molecule has 1 heterocycles. The number of thiocarbonyl (C=S) groups is 1. The van der Waals surface area contributed by atoms with Gasteiger partial charge in [-0.15, -0.1) is 0 Å². The number of carbonyl (C=O) groups excluding carboxylic acids is 1. The van der Waals surface area contributed by atoms with Crippen LogP contribution in [0.3, 0.4) is 0 Å². The maximum Gasteiger partial charge on any atom is 0.261 e. The summed E-state index contributed by atoms with van der Waals surface area (Å²) in [5.41, 5.74) is 0.948. The van der Waals surface area contributed by atoms with Crippen LogP contribution in [0.15, 0.2) is 30.3 Å². The van der Waals surface area contributed by atoms with Crippen LogP contribution in [0.2, 0.25) is 0 Å². The number of para-hydroxylation sites is 1. The summed E-state index contributed by atoms with van der Waals surface area (Å²) in [6.07, 6.45) is 0. The minimum atomic E-state index is -0.117. The van der Waals surface area contributed by atoms with Gasteiger partial charge >= 0.3 is 0 Å². The van der Waals surface area contributed by atoms with Gasteiger partial charge in [-0.3, -0.25) is 9.80 Å². The fourth-order valence-electron chi connectivity index (χ4n) is 1.92. The maximum atomic E-state index is 12.4. The number of carbonyl (C=O) groups is 1. The monoisotopic (exact) mass is 295 g/mol. The van der Waals surface area contributed by atoms with E-state index in [2.05, 4.69) is 0 Å². The Balaban J connectivity index is 2.16. The second-order valence-corrected chi connectivity index (χ2v) is 6.48. The molecule has 0 aliphatic carbocycles. The van der Waals surface area contributed by atoms with Crippen molar-refractivity contribution in [1.82, 2.24) is 9.91 Å². The van der Waals surface area contributed by atoms with Crippen molar-refractivity contribution in [3.63, 3.8) is 0 Å². The summed E-state index contributed by atoms with van der Waals surface area (Å²) in [5.74, 6) is 0.0510. The second kappa shape index (κ2) is 5.90. The van der Waals surface area contributed by atoms with Crippen molar-refractivity contribution in [2.75, 3.05) is 32.7 Å². The molecule has 0 spiro atoms. The molecule has 1 atom stereocenters. The maximum absolute atomic E-state index is 12.4. The number of hydrogen-bond acceptors (Lipinski definition) is 5. The summed E-state index contributed by atoms with van der Waals surface area (Å²) >= 11 is 6.79. The van der Waals surface area contributed by atoms with E-state index in [0.29, 0.717) is 10.9 Å². The van der Waals surface area contributed by atoms with Crippen LogP contribution < -0.4 is 5.01 Å². The number of benzene rings is 1. The molecule has 0 radical (unpaired) electrons. The van der Waals surface area contributed by atoms with Gasteiger partial charge in [-0.25, -0.2) is 5.01 Å². The minimum absolute atomic E-state index is 0.0510. The molecule has 0 bridgehead atoms. The van der Waals surface area contributed by atoms with Crippen molar-refractivity contribution in [3.8, 4) is 0 Å². The molecule has 6 heteroatoms. The average molecular weight is 295 g/mol. The van der Waals surface area contributed by atoms with Crippen LogP contribution in [0.5, 0.6) is 0 Å². The van der Waals surface area contributed by atoms with Gasteiger partial charge in [-0.1, -0.05) is 42.2 Å². The Bertz CT molecular complexity index is 478. The van der Waals surface area contributed by atoms with Gasteiger partial charge in [-0.2, -0.15) is 0 Å². The van der Waals surface area contributed by atoms with Gasteiger partial charge < -0.3 is 4.90 Å². The molecule has 1 aromatic rings. The highest BCUT2D eigenvalue weighted by Gasteiger charge is 2.39. The minimum Gasteiger partial charge on any atom is -0.308 e. The van der Waals surface area contributed by atoms with Crippen molar-refractivity contribution in [2.24, 2.45) is 0 Å². The highest BCUT2D eigenvalue weighted by Crippen LogP contribution is 2.30. The first kappa shape index (κ1) is 14.3. The largest absolute Gasteiger partial charge is 0.308 e. The molecule has 1 fully saturated rings. The summed E-state index contributed by atoms with van der Waals surface area (Å²) in [5, 5.41) is 3.28. The van der Waals surface area contributed by atoms with Crippen LogP contribution in [0.4, 0.5) is 5.69 Å². The van der Waals surface area contributed by atoms with Crippen LogP contribution in [-0.4, -0.2) is 53.1 Å². The third-order valence-electron chi connectivity index (χ3n) is 2.86. The van der Waals surface area contributed by atoms with Crippen molar-refractivity contribution >= 4 is 39.9 Å². The SMILES string of the molecule is CN(C)CC1SC(=S)N(N(C)c2ccccc2)C1=O. The third-order valence-corrected chi connectivity index (χ3v) is 4.33. The van der Waals surface area contributed by atoms with Gasteiger partial charge in [0, 0.05) is 13.6 Å². The average Bonchev–Trinajstić information content (AvgIpc) is 2.64. The Morgan fingerprint density at radius 1 is 1.26 bits per heavy atom. The molecular formula is C13H17N3OS2. The van der Waals surface area contributed by atoms with Crippen molar-refractivity contribution in [1.29, 1.82) is 0 Å². The van der Waals surface area contributed by atoms with Gasteiger partial charge in [0.05, 0.1) is 5.69 Å². The van der Waals surface area contributed by atoms with Crippen LogP contribution in [0.25, 0.3) is 0 Å². The smallest absolute Gasteiger partial charge is 0.261 e. The van der Waals surface area contributed by atoms with E-state index in [-0.39, 0.29) is 11.2 Å². The Morgan fingerprint density at radius 2 is 1.89 bits per heavy atom. The lowest BCUT2D eigenvalue weighted by molar-refractivity contribution is -0.126. The normalized spacial score (nSPS) is 19.4. The predicted octanol–water partition coefficient (Wildman–Crippen LogP) is 1.83. The zero-order valence-corrected chi connectivity index (χ0v) is 12.9. The van der Waals surface area contributed by atoms with Crippen molar-refractivity contribution in [2.45, 2.75) is 5.25 Å². The molecule has 19 heavy (non-hydrogen) atoms. The van der Waals surface area contributed by atoms with Gasteiger partial charge in [0.25, 0.3) is 5.91 Å². The van der Waals surface area contributed by atoms with Crippen LogP contribution in [0, 0.1) is 0 Å². The van der Waals surface area contributed by atoms with Crippen LogP contribution >= 0.6 is 24.0 Å². The molecular weight excluding hydrogens is 278 g/mol. The predicted molar refractivity (Wildman–Crippen MR) is 84.2 cm³/mol. The summed E-state index contributed by atoms with van der Waals surface area (Å²) in [4.78, 5) is 14.4. The number of rotatable bonds is 4. The first-order chi connectivity index (χ1) is 9.00. The molecule has 0 N–H and O–H groups in total. The van der Waals surface area contributed by atoms with E-state index >= 15 is 0 Å². The lowest BCUT2D eigenvalue weighted by Gasteiger charge is -2.29. The molecule has 1 saturated heterocycles. The molecule has 1 aromatic carbocycles. The van der Waals surface area contributed by atoms with Gasteiger partial charge in [0.2, 0.25) is 0 Å². The first-order valence-corrected chi connectivity index (χ1v) is 7.27. The third kappa shape index (κ3) is 3.08. The number of nitrogens with zero attached hydrogens (tertiary/aromatic N) is 3. The summed E-state index contributed by atoms with van der Waals surface area (Å²) in [6.45, 7) is 0.697. The molecule has 0 aromatic heterocycles. The van der Waals surface area contributed by atoms with Crippen LogP contribution in [0.1, 0.15) is 0 Å². The number of thioether (sulfide) groups is 1. The van der Waals surface area contributed by atoms with Gasteiger partial charge in [-0.05, 0) is 26.2 Å². The fraction of sp³-hybridized carbons (Fsp3) is 0.385. The second-order valence-electron chi connectivity index (χ2n) is 4.64. The van der Waals surface area contributed by atoms with E-state index < -0.39 is 0 Å². The first-order valence-electron chi connectivity index (χ1n) is 5.98. The number of hydrazine groups is 1. The zero-order valence-electron chi connectivity index (χ0n) is 11.2. The lowest BCUT2D eigenvalue weighted by atomic mass is 10.3. The fourth-order valence-corrected chi connectivity index (χ4v) is 3.61. The van der Waals surface area contributed by atoms with Crippen molar-refractivity contribution < 1.29 is 4.79 Å². The molecule has 1 aliphatic heterocycles. The molecule has 2 rings (SSSR count). The quantitative estimate of drug-likeness (QED) is 0.790. The Hall–Kier alpha value is -1.11. The molecule has 1 aliphatic rings. The van der Waals surface area contributed by atoms with E-state index in [1.54, 1.807) is 5.01 Å². The standard InChI is InChI=1S/C13H17N3OS2/c1-14(2)9-11-12(17)16(13(18)19-11)15(3)10-7-5-4-6-8-10/h4-8,11H,9H2,1-3H3. The highest BCUT2D eigenvalue weighted by atomic mass is 32.2. The summed E-state index contributed by atoms with van der Waals surface area (Å²) in [7, 11) is 5.78. The van der Waals surface area contributed by atoms with E-state index in [9.17, 15) is 4.79 Å². The summed E-state index contributed by atoms with van der Waals surface area (Å²) in [6, 6.07) is 9.75. The zero-order chi connectivity index (χ0) is 14.0. The van der Waals surface area contributed by atoms with E-state index in [1.165, 1.54) is 11.8 Å². The molecule has 102 valence electrons. The van der Waals surface area contributed by atoms with E-state index in [4.69, 9.17) is 12.2 Å². The Kier molecular flexibility index (Phi) is 4.44. The molecule has 4 nitrogen and oxygen atoms in total. The van der Waals surface area contributed by atoms with Gasteiger partial charge in [0.1, 0.15) is 5.25 Å². The lowest BCUT2D eigenvalue weighted by Crippen LogP contribution is -2.45. The van der Waals surface area contributed by atoms with Crippen molar-refractivity contribution in [3.05, 3.63) is 30.3 Å². The topological polar surface area (TPSA) is 26.8 Å². The molecule has 0 saturated carbocycles. The Labute approximate surface area is 123 Å².